The maximum atomic E-state index is 12.7. The Morgan fingerprint density at radius 2 is 2.08 bits per heavy atom. The van der Waals surface area contributed by atoms with Gasteiger partial charge in [0, 0.05) is 19.5 Å². The van der Waals surface area contributed by atoms with E-state index in [1.165, 1.54) is 22.5 Å². The first-order chi connectivity index (χ1) is 11.5. The number of hydrogen-bond donors (Lipinski definition) is 0. The average molecular weight is 373 g/mol. The van der Waals surface area contributed by atoms with E-state index >= 15 is 0 Å². The SMILES string of the molecule is N#CCCCOC(=O)c1ccc(Cl)c(S(=O)(=O)N2CCOCC2)c1. The van der Waals surface area contributed by atoms with Crippen molar-refractivity contribution >= 4 is 27.6 Å². The second kappa shape index (κ2) is 8.44. The van der Waals surface area contributed by atoms with Crippen LogP contribution in [0.3, 0.4) is 0 Å². The van der Waals surface area contributed by atoms with E-state index in [9.17, 15) is 13.2 Å². The summed E-state index contributed by atoms with van der Waals surface area (Å²) in [6, 6.07) is 5.94. The number of nitriles is 1. The van der Waals surface area contributed by atoms with Crippen LogP contribution in [0.1, 0.15) is 23.2 Å². The summed E-state index contributed by atoms with van der Waals surface area (Å²) in [5.41, 5.74) is 0.100. The van der Waals surface area contributed by atoms with Crippen molar-refractivity contribution in [3.05, 3.63) is 28.8 Å². The molecule has 9 heteroatoms. The third-order valence-corrected chi connectivity index (χ3v) is 5.80. The van der Waals surface area contributed by atoms with E-state index in [1.54, 1.807) is 0 Å². The number of hydrogen-bond acceptors (Lipinski definition) is 6. The number of unbranched alkanes of at least 4 members (excludes halogenated alkanes) is 1. The number of sulfonamides is 1. The standard InChI is InChI=1S/C15H17ClN2O5S/c16-13-4-3-12(15(19)23-8-2-1-5-17)11-14(13)24(20,21)18-6-9-22-10-7-18/h3-4,11H,1-2,6-10H2. The normalized spacial score (nSPS) is 15.7. The minimum absolute atomic E-state index is 0.0440. The smallest absolute Gasteiger partial charge is 0.338 e. The zero-order chi connectivity index (χ0) is 17.6. The number of ether oxygens (including phenoxy) is 2. The molecular formula is C15H17ClN2O5S. The lowest BCUT2D eigenvalue weighted by Crippen LogP contribution is -2.40. The molecule has 0 amide bonds. The first-order valence-electron chi connectivity index (χ1n) is 7.38. The molecule has 0 saturated carbocycles. The molecule has 1 saturated heterocycles. The summed E-state index contributed by atoms with van der Waals surface area (Å²) in [5, 5.41) is 8.49. The highest BCUT2D eigenvalue weighted by Gasteiger charge is 2.29. The van der Waals surface area contributed by atoms with Crippen molar-refractivity contribution in [3.8, 4) is 6.07 Å². The van der Waals surface area contributed by atoms with E-state index in [0.717, 1.165) is 0 Å². The number of rotatable bonds is 6. The van der Waals surface area contributed by atoms with E-state index in [4.69, 9.17) is 26.3 Å². The zero-order valence-corrected chi connectivity index (χ0v) is 14.5. The number of esters is 1. The Morgan fingerprint density at radius 3 is 2.75 bits per heavy atom. The fraction of sp³-hybridized carbons (Fsp3) is 0.467. The monoisotopic (exact) mass is 372 g/mol. The fourth-order valence-electron chi connectivity index (χ4n) is 2.15. The molecule has 1 aliphatic rings. The lowest BCUT2D eigenvalue weighted by atomic mass is 10.2. The third-order valence-electron chi connectivity index (χ3n) is 3.42. The molecule has 0 spiro atoms. The summed E-state index contributed by atoms with van der Waals surface area (Å²) in [7, 11) is -3.81. The molecule has 0 atom stereocenters. The van der Waals surface area contributed by atoms with Crippen LogP contribution in [0.4, 0.5) is 0 Å². The molecule has 7 nitrogen and oxygen atoms in total. The predicted molar refractivity (Wildman–Crippen MR) is 86.2 cm³/mol. The molecule has 24 heavy (non-hydrogen) atoms. The topological polar surface area (TPSA) is 96.7 Å². The zero-order valence-electron chi connectivity index (χ0n) is 12.9. The van der Waals surface area contributed by atoms with Crippen LogP contribution in [-0.4, -0.2) is 51.6 Å². The van der Waals surface area contributed by atoms with Crippen LogP contribution in [0.25, 0.3) is 0 Å². The van der Waals surface area contributed by atoms with Crippen LogP contribution in [0.5, 0.6) is 0 Å². The van der Waals surface area contributed by atoms with Gasteiger partial charge in [-0.05, 0) is 24.6 Å². The highest BCUT2D eigenvalue weighted by atomic mass is 35.5. The average Bonchev–Trinajstić information content (AvgIpc) is 2.59. The third kappa shape index (κ3) is 4.45. The maximum absolute atomic E-state index is 12.7. The fourth-order valence-corrected chi connectivity index (χ4v) is 4.06. The summed E-state index contributed by atoms with van der Waals surface area (Å²) >= 11 is 6.02. The number of halogens is 1. The summed E-state index contributed by atoms with van der Waals surface area (Å²) < 4.78 is 36.8. The van der Waals surface area contributed by atoms with Gasteiger partial charge in [-0.25, -0.2) is 13.2 Å². The van der Waals surface area contributed by atoms with Gasteiger partial charge in [-0.2, -0.15) is 9.57 Å². The minimum atomic E-state index is -3.81. The summed E-state index contributed by atoms with van der Waals surface area (Å²) in [5.74, 6) is -0.650. The summed E-state index contributed by atoms with van der Waals surface area (Å²) in [4.78, 5) is 11.9. The molecule has 1 aromatic carbocycles. The van der Waals surface area contributed by atoms with Gasteiger partial charge in [0.2, 0.25) is 10.0 Å². The minimum Gasteiger partial charge on any atom is -0.462 e. The van der Waals surface area contributed by atoms with Crippen molar-refractivity contribution in [1.82, 2.24) is 4.31 Å². The van der Waals surface area contributed by atoms with Crippen LogP contribution < -0.4 is 0 Å². The van der Waals surface area contributed by atoms with Crippen molar-refractivity contribution in [2.24, 2.45) is 0 Å². The number of morpholine rings is 1. The van der Waals surface area contributed by atoms with E-state index in [-0.39, 0.29) is 41.6 Å². The highest BCUT2D eigenvalue weighted by molar-refractivity contribution is 7.89. The summed E-state index contributed by atoms with van der Waals surface area (Å²) in [6.07, 6.45) is 0.708. The Morgan fingerprint density at radius 1 is 1.38 bits per heavy atom. The molecule has 2 rings (SSSR count). The predicted octanol–water partition coefficient (Wildman–Crippen LogP) is 1.82. The Hall–Kier alpha value is -1.66. The molecule has 0 radical (unpaired) electrons. The van der Waals surface area contributed by atoms with Crippen LogP contribution in [-0.2, 0) is 19.5 Å². The molecule has 1 aromatic rings. The Balaban J connectivity index is 2.19. The second-order valence-corrected chi connectivity index (χ2v) is 7.37. The quantitative estimate of drug-likeness (QED) is 0.558. The molecule has 0 aliphatic carbocycles. The van der Waals surface area contributed by atoms with Crippen molar-refractivity contribution in [2.45, 2.75) is 17.7 Å². The number of carbonyl (C=O) groups is 1. The van der Waals surface area contributed by atoms with E-state index in [2.05, 4.69) is 0 Å². The molecule has 0 bridgehead atoms. The lowest BCUT2D eigenvalue weighted by Gasteiger charge is -2.26. The van der Waals surface area contributed by atoms with E-state index < -0.39 is 16.0 Å². The van der Waals surface area contributed by atoms with Gasteiger partial charge in [0.15, 0.2) is 0 Å². The van der Waals surface area contributed by atoms with Crippen molar-refractivity contribution in [3.63, 3.8) is 0 Å². The van der Waals surface area contributed by atoms with Gasteiger partial charge in [-0.15, -0.1) is 0 Å². The van der Waals surface area contributed by atoms with Gasteiger partial charge in [0.1, 0.15) is 4.90 Å². The number of carbonyl (C=O) groups excluding carboxylic acids is 1. The molecule has 1 heterocycles. The van der Waals surface area contributed by atoms with Gasteiger partial charge in [-0.3, -0.25) is 0 Å². The Labute approximate surface area is 145 Å². The van der Waals surface area contributed by atoms with Gasteiger partial charge in [0.25, 0.3) is 0 Å². The van der Waals surface area contributed by atoms with Gasteiger partial charge in [-0.1, -0.05) is 11.6 Å². The molecule has 0 unspecified atom stereocenters. The molecule has 1 aliphatic heterocycles. The van der Waals surface area contributed by atoms with Crippen LogP contribution >= 0.6 is 11.6 Å². The van der Waals surface area contributed by atoms with Gasteiger partial charge < -0.3 is 9.47 Å². The van der Waals surface area contributed by atoms with Crippen LogP contribution in [0, 0.1) is 11.3 Å². The van der Waals surface area contributed by atoms with Crippen LogP contribution in [0.2, 0.25) is 5.02 Å². The molecule has 1 fully saturated rings. The largest absolute Gasteiger partial charge is 0.462 e. The molecular weight excluding hydrogens is 356 g/mol. The van der Waals surface area contributed by atoms with Crippen LogP contribution in [0.15, 0.2) is 23.1 Å². The molecule has 0 aromatic heterocycles. The Bertz CT molecular complexity index is 739. The van der Waals surface area contributed by atoms with Gasteiger partial charge in [0.05, 0.1) is 36.5 Å². The highest BCUT2D eigenvalue weighted by Crippen LogP contribution is 2.26. The lowest BCUT2D eigenvalue weighted by molar-refractivity contribution is 0.0501. The second-order valence-electron chi connectivity index (χ2n) is 5.06. The number of benzene rings is 1. The first kappa shape index (κ1) is 18.7. The Kier molecular flexibility index (Phi) is 6.57. The molecule has 0 N–H and O–H groups in total. The molecule has 130 valence electrons. The van der Waals surface area contributed by atoms with Crippen molar-refractivity contribution in [1.29, 1.82) is 5.26 Å². The van der Waals surface area contributed by atoms with Crippen molar-refractivity contribution in [2.75, 3.05) is 32.9 Å². The van der Waals surface area contributed by atoms with E-state index in [1.807, 2.05) is 6.07 Å². The van der Waals surface area contributed by atoms with Gasteiger partial charge >= 0.3 is 5.97 Å². The summed E-state index contributed by atoms with van der Waals surface area (Å²) in [6.45, 7) is 1.21. The maximum Gasteiger partial charge on any atom is 0.338 e. The number of nitrogens with zero attached hydrogens (tertiary/aromatic N) is 2. The van der Waals surface area contributed by atoms with Crippen molar-refractivity contribution < 1.29 is 22.7 Å². The van der Waals surface area contributed by atoms with E-state index in [0.29, 0.717) is 19.6 Å². The first-order valence-corrected chi connectivity index (χ1v) is 9.20.